The van der Waals surface area contributed by atoms with E-state index in [-0.39, 0.29) is 17.3 Å². The number of carbonyl (C=O) groups excluding carboxylic acids is 1. The molecule has 2 aliphatic rings. The zero-order chi connectivity index (χ0) is 19.7. The van der Waals surface area contributed by atoms with Gasteiger partial charge in [0.05, 0.1) is 22.5 Å². The van der Waals surface area contributed by atoms with Crippen molar-refractivity contribution in [1.82, 2.24) is 5.32 Å². The largest absolute Gasteiger partial charge is 0.416 e. The van der Waals surface area contributed by atoms with Gasteiger partial charge in [0.2, 0.25) is 0 Å². The second-order valence-electron chi connectivity index (χ2n) is 7.82. The van der Waals surface area contributed by atoms with E-state index in [0.29, 0.717) is 25.1 Å². The number of nitrogens with one attached hydrogen (secondary N) is 2. The highest BCUT2D eigenvalue weighted by atomic mass is 19.4. The van der Waals surface area contributed by atoms with Crippen LogP contribution in [0.1, 0.15) is 45.1 Å². The van der Waals surface area contributed by atoms with E-state index < -0.39 is 17.8 Å². The molecular formula is C19H26F3N3O2. The molecule has 1 aromatic carbocycles. The third-order valence-electron chi connectivity index (χ3n) is 5.05. The standard InChI is InChI=1S/C19H26F3N3O2/c1-18(2)12-14(7-10-27-18)23-17(26)24-15-11-13(19(20,21)22)5-6-16(15)25-8-3-4-9-25/h5-6,11,14H,3-4,7-10,12H2,1-2H3,(H2,23,24,26). The number of amides is 2. The second-order valence-corrected chi connectivity index (χ2v) is 7.82. The van der Waals surface area contributed by atoms with E-state index in [2.05, 4.69) is 10.6 Å². The van der Waals surface area contributed by atoms with Crippen molar-refractivity contribution in [3.63, 3.8) is 0 Å². The topological polar surface area (TPSA) is 53.6 Å². The molecule has 1 atom stereocenters. The maximum Gasteiger partial charge on any atom is 0.416 e. The Kier molecular flexibility index (Phi) is 5.55. The van der Waals surface area contributed by atoms with Crippen LogP contribution in [-0.2, 0) is 10.9 Å². The zero-order valence-corrected chi connectivity index (χ0v) is 15.7. The normalized spacial score (nSPS) is 22.6. The average Bonchev–Trinajstić information content (AvgIpc) is 3.07. The molecular weight excluding hydrogens is 359 g/mol. The van der Waals surface area contributed by atoms with Gasteiger partial charge in [-0.15, -0.1) is 0 Å². The lowest BCUT2D eigenvalue weighted by Crippen LogP contribution is -2.47. The van der Waals surface area contributed by atoms with Gasteiger partial charge >= 0.3 is 12.2 Å². The van der Waals surface area contributed by atoms with E-state index in [4.69, 9.17) is 4.74 Å². The summed E-state index contributed by atoms with van der Waals surface area (Å²) < 4.78 is 45.0. The number of halogens is 3. The summed E-state index contributed by atoms with van der Waals surface area (Å²) in [6.07, 6.45) is -1.14. The summed E-state index contributed by atoms with van der Waals surface area (Å²) in [5.74, 6) is 0. The number of benzene rings is 1. The van der Waals surface area contributed by atoms with Crippen molar-refractivity contribution >= 4 is 17.4 Å². The molecule has 1 unspecified atom stereocenters. The third kappa shape index (κ3) is 5.06. The first-order chi connectivity index (χ1) is 12.6. The fourth-order valence-corrected chi connectivity index (χ4v) is 3.75. The van der Waals surface area contributed by atoms with Crippen LogP contribution in [0.2, 0.25) is 0 Å². The highest BCUT2D eigenvalue weighted by Crippen LogP contribution is 2.36. The van der Waals surface area contributed by atoms with Crippen LogP contribution in [0.3, 0.4) is 0 Å². The van der Waals surface area contributed by atoms with Crippen LogP contribution < -0.4 is 15.5 Å². The van der Waals surface area contributed by atoms with Crippen LogP contribution in [0.15, 0.2) is 18.2 Å². The summed E-state index contributed by atoms with van der Waals surface area (Å²) in [4.78, 5) is 14.5. The van der Waals surface area contributed by atoms with Crippen molar-refractivity contribution in [1.29, 1.82) is 0 Å². The number of urea groups is 1. The van der Waals surface area contributed by atoms with Gasteiger partial charge in [-0.25, -0.2) is 4.79 Å². The molecule has 0 aliphatic carbocycles. The first-order valence-corrected chi connectivity index (χ1v) is 9.32. The van der Waals surface area contributed by atoms with Crippen molar-refractivity contribution in [3.05, 3.63) is 23.8 Å². The van der Waals surface area contributed by atoms with Crippen LogP contribution in [0.4, 0.5) is 29.3 Å². The number of carbonyl (C=O) groups is 1. The molecule has 1 aromatic rings. The summed E-state index contributed by atoms with van der Waals surface area (Å²) in [5.41, 5.74) is -0.279. The minimum absolute atomic E-state index is 0.0743. The number of hydrogen-bond acceptors (Lipinski definition) is 3. The second kappa shape index (κ2) is 7.58. The minimum atomic E-state index is -4.46. The average molecular weight is 385 g/mol. The molecule has 8 heteroatoms. The minimum Gasteiger partial charge on any atom is -0.375 e. The van der Waals surface area contributed by atoms with Gasteiger partial charge < -0.3 is 20.3 Å². The quantitative estimate of drug-likeness (QED) is 0.812. The van der Waals surface area contributed by atoms with E-state index in [1.54, 1.807) is 0 Å². The third-order valence-corrected chi connectivity index (χ3v) is 5.05. The lowest BCUT2D eigenvalue weighted by atomic mass is 9.94. The van der Waals surface area contributed by atoms with Crippen molar-refractivity contribution in [3.8, 4) is 0 Å². The van der Waals surface area contributed by atoms with Crippen molar-refractivity contribution in [2.45, 2.75) is 57.3 Å². The maximum absolute atomic E-state index is 13.1. The lowest BCUT2D eigenvalue weighted by Gasteiger charge is -2.35. The van der Waals surface area contributed by atoms with Crippen molar-refractivity contribution < 1.29 is 22.7 Å². The van der Waals surface area contributed by atoms with Gasteiger partial charge in [-0.3, -0.25) is 0 Å². The lowest BCUT2D eigenvalue weighted by molar-refractivity contribution is -0.137. The van der Waals surface area contributed by atoms with Crippen LogP contribution in [0, 0.1) is 0 Å². The van der Waals surface area contributed by atoms with Crippen molar-refractivity contribution in [2.24, 2.45) is 0 Å². The number of rotatable bonds is 3. The Bertz CT molecular complexity index is 685. The first kappa shape index (κ1) is 19.8. The predicted octanol–water partition coefficient (Wildman–Crippen LogP) is 4.38. The van der Waals surface area contributed by atoms with Gasteiger partial charge in [-0.1, -0.05) is 0 Å². The summed E-state index contributed by atoms with van der Waals surface area (Å²) in [5, 5.41) is 5.51. The fraction of sp³-hybridized carbons (Fsp3) is 0.632. The van der Waals surface area contributed by atoms with Gasteiger partial charge in [0.15, 0.2) is 0 Å². The Morgan fingerprint density at radius 1 is 1.26 bits per heavy atom. The SMILES string of the molecule is CC1(C)CC(NC(=O)Nc2cc(C(F)(F)F)ccc2N2CCCC2)CCO1. The Morgan fingerprint density at radius 2 is 1.96 bits per heavy atom. The van der Waals surface area contributed by atoms with Crippen molar-refractivity contribution in [2.75, 3.05) is 29.9 Å². The highest BCUT2D eigenvalue weighted by Gasteiger charge is 2.33. The van der Waals surface area contributed by atoms with Gasteiger partial charge in [-0.2, -0.15) is 13.2 Å². The Morgan fingerprint density at radius 3 is 2.59 bits per heavy atom. The Hall–Kier alpha value is -1.96. The zero-order valence-electron chi connectivity index (χ0n) is 15.7. The van der Waals surface area contributed by atoms with Crippen LogP contribution >= 0.6 is 0 Å². The van der Waals surface area contributed by atoms with Crippen LogP contribution in [0.5, 0.6) is 0 Å². The summed E-state index contributed by atoms with van der Waals surface area (Å²) >= 11 is 0. The molecule has 27 heavy (non-hydrogen) atoms. The molecule has 0 spiro atoms. The number of anilines is 2. The monoisotopic (exact) mass is 385 g/mol. The van der Waals surface area contributed by atoms with E-state index in [1.165, 1.54) is 6.07 Å². The first-order valence-electron chi connectivity index (χ1n) is 9.32. The maximum atomic E-state index is 13.1. The molecule has 0 aromatic heterocycles. The molecule has 2 fully saturated rings. The molecule has 0 bridgehead atoms. The van der Waals surface area contributed by atoms with Gasteiger partial charge in [0.25, 0.3) is 0 Å². The van der Waals surface area contributed by atoms with Gasteiger partial charge in [0, 0.05) is 25.7 Å². The molecule has 2 amide bonds. The molecule has 2 aliphatic heterocycles. The van der Waals surface area contributed by atoms with Crippen LogP contribution in [0.25, 0.3) is 0 Å². The Balaban J connectivity index is 1.76. The molecule has 5 nitrogen and oxygen atoms in total. The number of alkyl halides is 3. The van der Waals surface area contributed by atoms with E-state index in [9.17, 15) is 18.0 Å². The molecule has 3 rings (SSSR count). The molecule has 2 N–H and O–H groups in total. The number of ether oxygens (including phenoxy) is 1. The molecule has 0 radical (unpaired) electrons. The molecule has 2 heterocycles. The van der Waals surface area contributed by atoms with E-state index in [1.807, 2.05) is 18.7 Å². The van der Waals surface area contributed by atoms with Gasteiger partial charge in [-0.05, 0) is 57.7 Å². The smallest absolute Gasteiger partial charge is 0.375 e. The Labute approximate surface area is 157 Å². The highest BCUT2D eigenvalue weighted by molar-refractivity contribution is 5.93. The van der Waals surface area contributed by atoms with E-state index >= 15 is 0 Å². The fourth-order valence-electron chi connectivity index (χ4n) is 3.75. The summed E-state index contributed by atoms with van der Waals surface area (Å²) in [7, 11) is 0. The number of nitrogens with zero attached hydrogens (tertiary/aromatic N) is 1. The summed E-state index contributed by atoms with van der Waals surface area (Å²) in [6, 6.07) is 2.97. The predicted molar refractivity (Wildman–Crippen MR) is 98.1 cm³/mol. The molecule has 2 saturated heterocycles. The van der Waals surface area contributed by atoms with Gasteiger partial charge in [0.1, 0.15) is 0 Å². The van der Waals surface area contributed by atoms with Crippen LogP contribution in [-0.4, -0.2) is 37.4 Å². The number of hydrogen-bond donors (Lipinski definition) is 2. The van der Waals surface area contributed by atoms with E-state index in [0.717, 1.165) is 38.1 Å². The summed E-state index contributed by atoms with van der Waals surface area (Å²) in [6.45, 7) is 6.00. The molecule has 150 valence electrons. The molecule has 0 saturated carbocycles.